The number of halogens is 1. The van der Waals surface area contributed by atoms with E-state index in [4.69, 9.17) is 9.47 Å². The summed E-state index contributed by atoms with van der Waals surface area (Å²) in [4.78, 5) is 0.113. The van der Waals surface area contributed by atoms with Gasteiger partial charge in [-0.05, 0) is 29.8 Å². The predicted octanol–water partition coefficient (Wildman–Crippen LogP) is 2.81. The predicted molar refractivity (Wildman–Crippen MR) is 87.2 cm³/mol. The lowest BCUT2D eigenvalue weighted by molar-refractivity contribution is 0.174. The van der Waals surface area contributed by atoms with Crippen molar-refractivity contribution in [2.75, 3.05) is 13.3 Å². The van der Waals surface area contributed by atoms with Gasteiger partial charge in [-0.3, -0.25) is 0 Å². The van der Waals surface area contributed by atoms with Crippen LogP contribution in [0.4, 0.5) is 4.39 Å². The fourth-order valence-electron chi connectivity index (χ4n) is 2.41. The summed E-state index contributed by atoms with van der Waals surface area (Å²) < 4.78 is 51.0. The molecule has 0 aliphatic carbocycles. The van der Waals surface area contributed by atoms with Gasteiger partial charge in [0, 0.05) is 18.0 Å². The Labute approximate surface area is 140 Å². The Morgan fingerprint density at radius 1 is 1.08 bits per heavy atom. The molecule has 0 radical (unpaired) electrons. The van der Waals surface area contributed by atoms with E-state index in [1.54, 1.807) is 18.2 Å². The van der Waals surface area contributed by atoms with E-state index in [2.05, 4.69) is 4.72 Å². The van der Waals surface area contributed by atoms with E-state index >= 15 is 0 Å². The smallest absolute Gasteiger partial charge is 0.240 e. The first-order chi connectivity index (χ1) is 11.3. The molecule has 128 valence electrons. The Balaban J connectivity index is 1.76. The third kappa shape index (κ3) is 3.37. The van der Waals surface area contributed by atoms with E-state index in [9.17, 15) is 12.8 Å². The Kier molecular flexibility index (Phi) is 4.23. The zero-order valence-corrected chi connectivity index (χ0v) is 14.2. The number of nitrogens with one attached hydrogen (secondary N) is 1. The topological polar surface area (TPSA) is 64.6 Å². The maximum Gasteiger partial charge on any atom is 0.240 e. The highest BCUT2D eigenvalue weighted by atomic mass is 32.2. The van der Waals surface area contributed by atoms with Crippen molar-refractivity contribution < 1.29 is 22.3 Å². The second kappa shape index (κ2) is 6.07. The molecule has 1 aliphatic rings. The molecule has 0 saturated carbocycles. The van der Waals surface area contributed by atoms with Gasteiger partial charge in [0.1, 0.15) is 5.82 Å². The second-order valence-corrected chi connectivity index (χ2v) is 8.00. The molecular formula is C17H18FNO4S. The van der Waals surface area contributed by atoms with Gasteiger partial charge in [-0.2, -0.15) is 0 Å². The van der Waals surface area contributed by atoms with Gasteiger partial charge in [0.05, 0.1) is 4.90 Å². The molecule has 5 nitrogen and oxygen atoms in total. The summed E-state index contributed by atoms with van der Waals surface area (Å²) in [6.07, 6.45) is 0. The van der Waals surface area contributed by atoms with Crippen LogP contribution >= 0.6 is 0 Å². The Morgan fingerprint density at radius 3 is 2.46 bits per heavy atom. The molecule has 0 atom stereocenters. The largest absolute Gasteiger partial charge is 0.454 e. The van der Waals surface area contributed by atoms with Crippen molar-refractivity contribution in [3.63, 3.8) is 0 Å². The highest BCUT2D eigenvalue weighted by Crippen LogP contribution is 2.34. The Bertz CT molecular complexity index is 847. The lowest BCUT2D eigenvalue weighted by Crippen LogP contribution is -2.36. The Morgan fingerprint density at radius 2 is 1.75 bits per heavy atom. The quantitative estimate of drug-likeness (QED) is 0.900. The van der Waals surface area contributed by atoms with Crippen molar-refractivity contribution in [2.45, 2.75) is 24.2 Å². The van der Waals surface area contributed by atoms with E-state index in [0.29, 0.717) is 11.5 Å². The second-order valence-electron chi connectivity index (χ2n) is 6.23. The molecule has 0 saturated heterocycles. The van der Waals surface area contributed by atoms with Crippen molar-refractivity contribution in [1.29, 1.82) is 0 Å². The average molecular weight is 351 g/mol. The van der Waals surface area contributed by atoms with Gasteiger partial charge in [-0.25, -0.2) is 17.5 Å². The fourth-order valence-corrected chi connectivity index (χ4v) is 3.63. The minimum atomic E-state index is -3.69. The number of benzene rings is 2. The van der Waals surface area contributed by atoms with Crippen molar-refractivity contribution >= 4 is 10.0 Å². The van der Waals surface area contributed by atoms with Crippen molar-refractivity contribution in [3.05, 3.63) is 53.8 Å². The molecule has 0 bridgehead atoms. The van der Waals surface area contributed by atoms with Crippen LogP contribution in [0, 0.1) is 5.82 Å². The molecule has 1 aliphatic heterocycles. The number of sulfonamides is 1. The molecule has 24 heavy (non-hydrogen) atoms. The van der Waals surface area contributed by atoms with Gasteiger partial charge >= 0.3 is 0 Å². The molecular weight excluding hydrogens is 333 g/mol. The summed E-state index contributed by atoms with van der Waals surface area (Å²) in [5.41, 5.74) is 0.356. The van der Waals surface area contributed by atoms with Crippen molar-refractivity contribution in [2.24, 2.45) is 0 Å². The highest BCUT2D eigenvalue weighted by molar-refractivity contribution is 7.89. The third-order valence-corrected chi connectivity index (χ3v) is 5.38. The molecule has 2 aromatic carbocycles. The van der Waals surface area contributed by atoms with E-state index in [0.717, 1.165) is 5.56 Å². The van der Waals surface area contributed by atoms with Crippen LogP contribution in [0.25, 0.3) is 0 Å². The summed E-state index contributed by atoms with van der Waals surface area (Å²) >= 11 is 0. The van der Waals surface area contributed by atoms with E-state index in [1.165, 1.54) is 24.3 Å². The van der Waals surface area contributed by atoms with Crippen LogP contribution < -0.4 is 14.2 Å². The van der Waals surface area contributed by atoms with Gasteiger partial charge in [0.25, 0.3) is 0 Å². The molecule has 7 heteroatoms. The zero-order valence-electron chi connectivity index (χ0n) is 13.4. The number of hydrogen-bond donors (Lipinski definition) is 1. The van der Waals surface area contributed by atoms with Gasteiger partial charge in [-0.15, -0.1) is 0 Å². The van der Waals surface area contributed by atoms with Crippen LogP contribution in [-0.2, 0) is 15.4 Å². The van der Waals surface area contributed by atoms with Gasteiger partial charge < -0.3 is 9.47 Å². The average Bonchev–Trinajstić information content (AvgIpc) is 3.01. The van der Waals surface area contributed by atoms with E-state index < -0.39 is 15.4 Å². The molecule has 0 amide bonds. The summed E-state index contributed by atoms with van der Waals surface area (Å²) in [7, 11) is -3.69. The normalized spacial score (nSPS) is 14.0. The maximum atomic E-state index is 13.0. The monoisotopic (exact) mass is 351 g/mol. The molecule has 0 spiro atoms. The molecule has 3 rings (SSSR count). The third-order valence-electron chi connectivity index (χ3n) is 3.98. The Hall–Kier alpha value is -2.12. The molecule has 0 fully saturated rings. The van der Waals surface area contributed by atoms with Gasteiger partial charge in [0.15, 0.2) is 11.5 Å². The van der Waals surface area contributed by atoms with Crippen molar-refractivity contribution in [3.8, 4) is 11.5 Å². The van der Waals surface area contributed by atoms with Crippen LogP contribution in [0.3, 0.4) is 0 Å². The number of ether oxygens (including phenoxy) is 2. The minimum Gasteiger partial charge on any atom is -0.454 e. The van der Waals surface area contributed by atoms with Crippen LogP contribution in [-0.4, -0.2) is 21.8 Å². The lowest BCUT2D eigenvalue weighted by Gasteiger charge is -2.25. The molecule has 1 heterocycles. The summed E-state index contributed by atoms with van der Waals surface area (Å²) in [5, 5.41) is 0. The molecule has 1 N–H and O–H groups in total. The summed E-state index contributed by atoms with van der Waals surface area (Å²) in [6.45, 7) is 4.05. The fraction of sp³-hybridized carbons (Fsp3) is 0.294. The summed E-state index contributed by atoms with van der Waals surface area (Å²) in [5.74, 6) is 0.617. The number of hydrogen-bond acceptors (Lipinski definition) is 4. The molecule has 0 unspecified atom stereocenters. The standard InChI is InChI=1S/C17H18FNO4S/c1-17(2,12-3-5-13(18)6-4-12)10-19-24(20,21)14-7-8-15-16(9-14)23-11-22-15/h3-9,19H,10-11H2,1-2H3. The highest BCUT2D eigenvalue weighted by Gasteiger charge is 2.25. The van der Waals surface area contributed by atoms with E-state index in [1.807, 2.05) is 13.8 Å². The van der Waals surface area contributed by atoms with Gasteiger partial charge in [0.2, 0.25) is 16.8 Å². The van der Waals surface area contributed by atoms with Crippen LogP contribution in [0.15, 0.2) is 47.4 Å². The first kappa shape index (κ1) is 16.7. The number of rotatable bonds is 5. The SMILES string of the molecule is CC(C)(CNS(=O)(=O)c1ccc2c(c1)OCO2)c1ccc(F)cc1. The van der Waals surface area contributed by atoms with Crippen LogP contribution in [0.5, 0.6) is 11.5 Å². The molecule has 0 aromatic heterocycles. The minimum absolute atomic E-state index is 0.0872. The number of fused-ring (bicyclic) bond motifs is 1. The van der Waals surface area contributed by atoms with Crippen molar-refractivity contribution in [1.82, 2.24) is 4.72 Å². The lowest BCUT2D eigenvalue weighted by atomic mass is 9.85. The first-order valence-corrected chi connectivity index (χ1v) is 8.92. The first-order valence-electron chi connectivity index (χ1n) is 7.43. The zero-order chi connectivity index (χ0) is 17.4. The maximum absolute atomic E-state index is 13.0. The van der Waals surface area contributed by atoms with E-state index in [-0.39, 0.29) is 24.1 Å². The van der Waals surface area contributed by atoms with Gasteiger partial charge in [-0.1, -0.05) is 26.0 Å². The van der Waals surface area contributed by atoms with Crippen LogP contribution in [0.1, 0.15) is 19.4 Å². The summed E-state index contributed by atoms with van der Waals surface area (Å²) in [6, 6.07) is 10.5. The molecule has 2 aromatic rings. The van der Waals surface area contributed by atoms with Crippen LogP contribution in [0.2, 0.25) is 0 Å².